The summed E-state index contributed by atoms with van der Waals surface area (Å²) in [5, 5.41) is 0. The number of carbonyl (C=O) groups is 3. The number of methoxy groups -OCH3 is 3. The molecule has 0 spiro atoms. The van der Waals surface area contributed by atoms with Crippen LogP contribution in [-0.4, -0.2) is 89.3 Å². The molecule has 0 unspecified atom stereocenters. The van der Waals surface area contributed by atoms with E-state index in [0.717, 1.165) is 5.69 Å². The number of rotatable bonds is 27. The Bertz CT molecular complexity index is 7250. The zero-order valence-corrected chi connectivity index (χ0v) is 80.7. The summed E-state index contributed by atoms with van der Waals surface area (Å²) in [6.45, 7) is 20.5. The van der Waals surface area contributed by atoms with Gasteiger partial charge < -0.3 is 55.1 Å². The predicted octanol–water partition coefficient (Wildman–Crippen LogP) is 21.1. The van der Waals surface area contributed by atoms with E-state index in [2.05, 4.69) is 59.0 Å². The topological polar surface area (TPSA) is 250 Å². The number of benzene rings is 6. The van der Waals surface area contributed by atoms with E-state index in [-0.39, 0.29) is 140 Å². The third-order valence-corrected chi connectivity index (χ3v) is 22.2. The molecule has 0 atom stereocenters. The summed E-state index contributed by atoms with van der Waals surface area (Å²) in [5.74, 6) is -2.42. The third-order valence-electron chi connectivity index (χ3n) is 21.6. The van der Waals surface area contributed by atoms with Gasteiger partial charge in [-0.3, -0.25) is 43.7 Å². The van der Waals surface area contributed by atoms with Crippen molar-refractivity contribution in [1.82, 2.24) is 43.6 Å². The van der Waals surface area contributed by atoms with Crippen LogP contribution in [0.3, 0.4) is 0 Å². The molecule has 0 aliphatic heterocycles. The summed E-state index contributed by atoms with van der Waals surface area (Å²) in [4.78, 5) is 107. The molecule has 6 aromatic carbocycles. The fourth-order valence-corrected chi connectivity index (χ4v) is 15.4. The molecule has 0 fully saturated rings. The SMILES string of the molecule is C=C[B-](F)(F)F.C=Cc1nc2c(Oc3ccc(CC(=O)c4cn(C(C)C)c(C)c(-c5ccc(F)cc5)c4=O)cc3F)ccnc2cc1OC.CCc1nc2c(Oc3ccc(CC(=O)c4cn(C(C)C)c(C)c(-c5ccc(F)cc5)c4=O)cc3F)ccnc2cc1OC.COc1cc2nccc(Oc3ccc(CC(=O)c4cn(C(C)C)c(C)c(-c5ccc(F)cc5)c4=O)cc3F)c2nc1Br.[K+]. The number of aryl methyl sites for hydroxylation is 1. The molecule has 0 saturated heterocycles. The van der Waals surface area contributed by atoms with Crippen molar-refractivity contribution in [2.75, 3.05) is 21.3 Å². The molecule has 33 heteroatoms. The maximum atomic E-state index is 15.3. The summed E-state index contributed by atoms with van der Waals surface area (Å²) in [7, 11) is 4.59. The number of hydrogen-bond donors (Lipinski definition) is 0. The van der Waals surface area contributed by atoms with Crippen LogP contribution in [0.25, 0.3) is 72.6 Å². The van der Waals surface area contributed by atoms with E-state index in [4.69, 9.17) is 28.4 Å². The Morgan fingerprint density at radius 3 is 0.993 bits per heavy atom. The molecule has 0 aliphatic rings. The molecule has 15 rings (SSSR count). The zero-order valence-electron chi connectivity index (χ0n) is 76.0. The maximum Gasteiger partial charge on any atom is 1.00 e. The van der Waals surface area contributed by atoms with Crippen LogP contribution in [0.5, 0.6) is 51.7 Å². The number of ketones is 3. The number of halogens is 10. The van der Waals surface area contributed by atoms with E-state index in [1.54, 1.807) is 107 Å². The van der Waals surface area contributed by atoms with Crippen LogP contribution < -0.4 is 96.1 Å². The van der Waals surface area contributed by atoms with Gasteiger partial charge in [-0.05, 0) is 197 Å². The van der Waals surface area contributed by atoms with Crippen molar-refractivity contribution in [1.29, 1.82) is 0 Å². The average molecular weight is 1930 g/mol. The third kappa shape index (κ3) is 23.9. The van der Waals surface area contributed by atoms with Gasteiger partial charge in [-0.2, -0.15) is 5.98 Å². The molecule has 21 nitrogen and oxygen atoms in total. The number of Topliss-reactive ketones (excluding diaryl/α,β-unsaturated/α-hetero) is 3. The molecule has 15 aromatic rings. The standard InChI is InChI=1S/C34H31F2N3O4.C34H29F2N3O4.C32H26BrF2N3O4.C2H3BF3.K/c2*1-6-26-31(42-5)17-27-33(38-26)30(13-14-37-27)43-29-12-7-21(15-25(29)36)16-28(40)24-18-39(19(2)3)20(4)32(34(24)41)22-8-10-23(35)11-9-22;1-17(2)38-16-22(31(40)29(18(38)3)20-6-8-21(34)9-7-20)25(39)14-19-5-10-26(23(35)13-19)42-27-11-12-36-24-15-28(41-4)32(33)37-30(24)27;1-2-3(4,5)6;/h7-15,17-19H,6,16H2,1-5H3;6-15,17-19H,1,16H2,2-5H3;5-13,15-17H,14H2,1-4H3;2H,1H2;/q;;;-1;+1. The molecule has 0 saturated carbocycles. The first-order valence-corrected chi connectivity index (χ1v) is 42.8. The van der Waals surface area contributed by atoms with Crippen molar-refractivity contribution in [2.45, 2.75) is 113 Å². The predicted molar refractivity (Wildman–Crippen MR) is 502 cm³/mol. The minimum Gasteiger partial charge on any atom is -0.495 e. The molecule has 9 aromatic heterocycles. The van der Waals surface area contributed by atoms with E-state index in [9.17, 15) is 54.9 Å². The molecule has 0 amide bonds. The Balaban J connectivity index is 0.000000188. The maximum absolute atomic E-state index is 15.3. The Labute approximate surface area is 821 Å². The van der Waals surface area contributed by atoms with Gasteiger partial charge in [0.2, 0.25) is 0 Å². The van der Waals surface area contributed by atoms with Crippen molar-refractivity contribution in [2.24, 2.45) is 0 Å². The first-order chi connectivity index (χ1) is 63.8. The summed E-state index contributed by atoms with van der Waals surface area (Å²) < 4.78 is 158. The number of pyridine rings is 9. The molecule has 9 heterocycles. The van der Waals surface area contributed by atoms with Gasteiger partial charge in [0.15, 0.2) is 91.3 Å². The van der Waals surface area contributed by atoms with Gasteiger partial charge in [0.25, 0.3) is 0 Å². The molecule has 0 N–H and O–H groups in total. The molecular formula is C102H89BBrF9KN9O12. The molecular weight excluding hydrogens is 1840 g/mol. The largest absolute Gasteiger partial charge is 1.00 e. The monoisotopic (exact) mass is 1930 g/mol. The first-order valence-electron chi connectivity index (χ1n) is 42.0. The minimum absolute atomic E-state index is 0. The Morgan fingerprint density at radius 2 is 0.711 bits per heavy atom. The number of nitrogens with zero attached hydrogens (tertiary/aromatic N) is 9. The van der Waals surface area contributed by atoms with Crippen LogP contribution in [0.15, 0.2) is 239 Å². The fraction of sp³-hybridized carbons (Fsp3) is 0.196. The molecule has 135 heavy (non-hydrogen) atoms. The second-order valence-corrected chi connectivity index (χ2v) is 32.3. The zero-order chi connectivity index (χ0) is 97.0. The van der Waals surface area contributed by atoms with Crippen LogP contribution in [0, 0.1) is 55.7 Å². The average Bonchev–Trinajstić information content (AvgIpc) is 0.774. The van der Waals surface area contributed by atoms with Gasteiger partial charge in [-0.15, -0.1) is 6.58 Å². The van der Waals surface area contributed by atoms with Crippen molar-refractivity contribution < 1.29 is 133 Å². The molecule has 0 bridgehead atoms. The smallest absolute Gasteiger partial charge is 0.495 e. The number of carbonyl (C=O) groups excluding carboxylic acids is 3. The van der Waals surface area contributed by atoms with E-state index >= 15 is 13.2 Å². The van der Waals surface area contributed by atoms with Crippen LogP contribution in [0.4, 0.5) is 39.3 Å². The van der Waals surface area contributed by atoms with Gasteiger partial charge in [0.1, 0.15) is 55.8 Å². The Morgan fingerprint density at radius 1 is 0.415 bits per heavy atom. The second-order valence-electron chi connectivity index (χ2n) is 31.6. The van der Waals surface area contributed by atoms with Crippen molar-refractivity contribution in [3.63, 3.8) is 0 Å². The van der Waals surface area contributed by atoms with E-state index in [1.807, 2.05) is 62.2 Å². The number of aromatic nitrogens is 9. The van der Waals surface area contributed by atoms with Gasteiger partial charge in [-0.1, -0.05) is 68.1 Å². The van der Waals surface area contributed by atoms with Gasteiger partial charge >= 0.3 is 58.4 Å². The molecule has 0 aliphatic carbocycles. The summed E-state index contributed by atoms with van der Waals surface area (Å²) in [5.41, 5.74) is 8.20. The van der Waals surface area contributed by atoms with Gasteiger partial charge in [-0.25, -0.2) is 41.3 Å². The van der Waals surface area contributed by atoms with Crippen molar-refractivity contribution in [3.05, 3.63) is 352 Å². The van der Waals surface area contributed by atoms with Crippen LogP contribution in [-0.2, 0) is 25.7 Å². The van der Waals surface area contributed by atoms with E-state index in [1.165, 1.54) is 142 Å². The van der Waals surface area contributed by atoms with Crippen molar-refractivity contribution in [3.8, 4) is 85.1 Å². The second kappa shape index (κ2) is 44.7. The Hall–Kier alpha value is -13.3. The summed E-state index contributed by atoms with van der Waals surface area (Å²) in [6, 6.07) is 39.1. The van der Waals surface area contributed by atoms with E-state index in [0.29, 0.717) is 140 Å². The fourth-order valence-electron chi connectivity index (χ4n) is 14.9. The normalized spacial score (nSPS) is 11.1. The van der Waals surface area contributed by atoms with E-state index < -0.39 is 75.5 Å². The summed E-state index contributed by atoms with van der Waals surface area (Å²) >= 11 is 3.34. The number of fused-ring (bicyclic) bond motifs is 3. The molecule has 688 valence electrons. The van der Waals surface area contributed by atoms with Gasteiger partial charge in [0.05, 0.1) is 60.3 Å². The van der Waals surface area contributed by atoms with Crippen LogP contribution >= 0.6 is 15.9 Å². The van der Waals surface area contributed by atoms with Crippen molar-refractivity contribution >= 4 is 79.4 Å². The minimum atomic E-state index is -4.72. The van der Waals surface area contributed by atoms with Crippen LogP contribution in [0.1, 0.15) is 143 Å². The Kier molecular flexibility index (Phi) is 33.8. The molecule has 0 radical (unpaired) electrons. The summed E-state index contributed by atoms with van der Waals surface area (Å²) in [6.07, 6.45) is 10.8. The first kappa shape index (κ1) is 102. The van der Waals surface area contributed by atoms with Crippen LogP contribution in [0.2, 0.25) is 0 Å². The number of hydrogen-bond acceptors (Lipinski definition) is 18. The van der Waals surface area contributed by atoms with Gasteiger partial charge in [0, 0.05) is 145 Å². The number of ether oxygens (including phenoxy) is 6. The quantitative estimate of drug-likeness (QED) is 0.0201.